The fraction of sp³-hybridized carbons (Fsp3) is 0. The Morgan fingerprint density at radius 1 is 0.680 bits per heavy atom. The zero-order valence-electron chi connectivity index (χ0n) is 13.0. The van der Waals surface area contributed by atoms with Crippen LogP contribution in [0.1, 0.15) is 0 Å². The van der Waals surface area contributed by atoms with Gasteiger partial charge in [-0.25, -0.2) is 9.97 Å². The van der Waals surface area contributed by atoms with E-state index in [2.05, 4.69) is 0 Å². The molecule has 0 radical (unpaired) electrons. The number of para-hydroxylation sites is 1. The molecule has 0 amide bonds. The van der Waals surface area contributed by atoms with Crippen molar-refractivity contribution in [3.05, 3.63) is 82.8 Å². The van der Waals surface area contributed by atoms with Gasteiger partial charge >= 0.3 is 0 Å². The number of aromatic nitrogens is 2. The van der Waals surface area contributed by atoms with Gasteiger partial charge < -0.3 is 0 Å². The van der Waals surface area contributed by atoms with Crippen molar-refractivity contribution in [1.29, 1.82) is 0 Å². The molecule has 0 aliphatic carbocycles. The van der Waals surface area contributed by atoms with Crippen molar-refractivity contribution in [2.24, 2.45) is 0 Å². The van der Waals surface area contributed by atoms with Gasteiger partial charge in [-0.1, -0.05) is 53.2 Å². The fourth-order valence-corrected chi connectivity index (χ4v) is 3.63. The van der Waals surface area contributed by atoms with Gasteiger partial charge in [-0.05, 0) is 54.6 Å². The van der Waals surface area contributed by atoms with Crippen LogP contribution in [-0.4, -0.2) is 9.97 Å². The zero-order valence-corrected chi connectivity index (χ0v) is 15.3. The number of hydrogen-bond donors (Lipinski definition) is 0. The molecular formula is C20H12Cl2N2S. The molecule has 1 aromatic heterocycles. The molecule has 0 saturated carbocycles. The Kier molecular flexibility index (Phi) is 4.62. The first-order valence-corrected chi connectivity index (χ1v) is 9.22. The van der Waals surface area contributed by atoms with Crippen molar-refractivity contribution in [1.82, 2.24) is 9.97 Å². The Morgan fingerprint density at radius 3 is 2.04 bits per heavy atom. The van der Waals surface area contributed by atoms with E-state index in [1.807, 2.05) is 72.8 Å². The number of benzene rings is 3. The molecule has 0 aliphatic heterocycles. The second-order valence-corrected chi connectivity index (χ2v) is 7.37. The molecule has 0 fully saturated rings. The zero-order chi connectivity index (χ0) is 17.2. The highest BCUT2D eigenvalue weighted by Gasteiger charge is 2.11. The molecule has 0 saturated heterocycles. The number of rotatable bonds is 3. The SMILES string of the molecule is Clc1ccc(Sc2nc(-c3ccc(Cl)cc3)nc3ccccc23)cc1. The van der Waals surface area contributed by atoms with E-state index in [9.17, 15) is 0 Å². The molecule has 1 heterocycles. The van der Waals surface area contributed by atoms with Crippen LogP contribution in [0.4, 0.5) is 0 Å². The first-order chi connectivity index (χ1) is 12.2. The van der Waals surface area contributed by atoms with Gasteiger partial charge in [0, 0.05) is 25.9 Å². The molecule has 0 aliphatic rings. The summed E-state index contributed by atoms with van der Waals surface area (Å²) in [5.74, 6) is 0.687. The van der Waals surface area contributed by atoms with Crippen LogP contribution in [0.5, 0.6) is 0 Å². The standard InChI is InChI=1S/C20H12Cl2N2S/c21-14-7-5-13(6-8-14)19-23-18-4-2-1-3-17(18)20(24-19)25-16-11-9-15(22)10-12-16/h1-12H. The van der Waals surface area contributed by atoms with Crippen LogP contribution in [0.2, 0.25) is 10.0 Å². The van der Waals surface area contributed by atoms with Crippen LogP contribution in [0.15, 0.2) is 82.7 Å². The quantitative estimate of drug-likeness (QED) is 0.366. The lowest BCUT2D eigenvalue weighted by molar-refractivity contribution is 1.11. The third-order valence-electron chi connectivity index (χ3n) is 3.70. The minimum atomic E-state index is 0.687. The van der Waals surface area contributed by atoms with Crippen LogP contribution in [0, 0.1) is 0 Å². The highest BCUT2D eigenvalue weighted by atomic mass is 35.5. The average molecular weight is 383 g/mol. The average Bonchev–Trinajstić information content (AvgIpc) is 2.64. The van der Waals surface area contributed by atoms with E-state index < -0.39 is 0 Å². The Labute approximate surface area is 159 Å². The van der Waals surface area contributed by atoms with Gasteiger partial charge in [0.2, 0.25) is 0 Å². The molecule has 122 valence electrons. The molecular weight excluding hydrogens is 371 g/mol. The highest BCUT2D eigenvalue weighted by Crippen LogP contribution is 2.33. The summed E-state index contributed by atoms with van der Waals surface area (Å²) < 4.78 is 0. The van der Waals surface area contributed by atoms with E-state index in [0.29, 0.717) is 10.8 Å². The first kappa shape index (κ1) is 16.4. The van der Waals surface area contributed by atoms with Crippen molar-refractivity contribution < 1.29 is 0 Å². The van der Waals surface area contributed by atoms with Gasteiger partial charge in [-0.3, -0.25) is 0 Å². The smallest absolute Gasteiger partial charge is 0.161 e. The summed E-state index contributed by atoms with van der Waals surface area (Å²) in [5, 5.41) is 3.36. The van der Waals surface area contributed by atoms with E-state index in [-0.39, 0.29) is 0 Å². The molecule has 25 heavy (non-hydrogen) atoms. The molecule has 4 rings (SSSR count). The van der Waals surface area contributed by atoms with E-state index in [4.69, 9.17) is 33.2 Å². The highest BCUT2D eigenvalue weighted by molar-refractivity contribution is 7.99. The summed E-state index contributed by atoms with van der Waals surface area (Å²) in [7, 11) is 0. The molecule has 0 unspecified atom stereocenters. The van der Waals surface area contributed by atoms with Crippen molar-refractivity contribution >= 4 is 45.9 Å². The predicted octanol–water partition coefficient (Wildman–Crippen LogP) is 6.75. The minimum Gasteiger partial charge on any atom is -0.228 e. The first-order valence-electron chi connectivity index (χ1n) is 7.65. The monoisotopic (exact) mass is 382 g/mol. The van der Waals surface area contributed by atoms with Gasteiger partial charge in [-0.2, -0.15) is 0 Å². The third-order valence-corrected chi connectivity index (χ3v) is 5.22. The normalized spacial score (nSPS) is 11.0. The Balaban J connectivity index is 1.83. The van der Waals surface area contributed by atoms with E-state index in [1.165, 1.54) is 0 Å². The van der Waals surface area contributed by atoms with Crippen LogP contribution < -0.4 is 0 Å². The Hall–Kier alpha value is -2.07. The summed E-state index contributed by atoms with van der Waals surface area (Å²) in [6.07, 6.45) is 0. The predicted molar refractivity (Wildman–Crippen MR) is 106 cm³/mol. The topological polar surface area (TPSA) is 25.8 Å². The van der Waals surface area contributed by atoms with E-state index in [1.54, 1.807) is 11.8 Å². The van der Waals surface area contributed by atoms with E-state index >= 15 is 0 Å². The second kappa shape index (κ2) is 7.04. The van der Waals surface area contributed by atoms with Crippen molar-refractivity contribution in [3.8, 4) is 11.4 Å². The minimum absolute atomic E-state index is 0.687. The van der Waals surface area contributed by atoms with Crippen LogP contribution in [0.25, 0.3) is 22.3 Å². The maximum Gasteiger partial charge on any atom is 0.161 e. The summed E-state index contributed by atoms with van der Waals surface area (Å²) in [4.78, 5) is 10.6. The van der Waals surface area contributed by atoms with Crippen LogP contribution in [-0.2, 0) is 0 Å². The fourth-order valence-electron chi connectivity index (χ4n) is 2.47. The van der Waals surface area contributed by atoms with Crippen molar-refractivity contribution in [2.75, 3.05) is 0 Å². The van der Waals surface area contributed by atoms with Crippen LogP contribution in [0.3, 0.4) is 0 Å². The summed E-state index contributed by atoms with van der Waals surface area (Å²) >= 11 is 13.6. The van der Waals surface area contributed by atoms with Gasteiger partial charge in [0.15, 0.2) is 5.82 Å². The lowest BCUT2D eigenvalue weighted by Gasteiger charge is -2.09. The number of fused-ring (bicyclic) bond motifs is 1. The number of halogens is 2. The lowest BCUT2D eigenvalue weighted by atomic mass is 10.2. The van der Waals surface area contributed by atoms with E-state index in [0.717, 1.165) is 31.4 Å². The summed E-state index contributed by atoms with van der Waals surface area (Å²) in [6.45, 7) is 0. The molecule has 4 aromatic rings. The lowest BCUT2D eigenvalue weighted by Crippen LogP contribution is -1.93. The molecule has 0 spiro atoms. The van der Waals surface area contributed by atoms with Gasteiger partial charge in [0.25, 0.3) is 0 Å². The summed E-state index contributed by atoms with van der Waals surface area (Å²) in [5.41, 5.74) is 1.85. The summed E-state index contributed by atoms with van der Waals surface area (Å²) in [6, 6.07) is 23.3. The number of hydrogen-bond acceptors (Lipinski definition) is 3. The van der Waals surface area contributed by atoms with Gasteiger partial charge in [0.05, 0.1) is 5.52 Å². The Bertz CT molecular complexity index is 1030. The molecule has 0 N–H and O–H groups in total. The largest absolute Gasteiger partial charge is 0.228 e. The van der Waals surface area contributed by atoms with Crippen LogP contribution >= 0.6 is 35.0 Å². The second-order valence-electron chi connectivity index (χ2n) is 5.43. The maximum absolute atomic E-state index is 5.99. The van der Waals surface area contributed by atoms with Crippen molar-refractivity contribution in [3.63, 3.8) is 0 Å². The molecule has 3 aromatic carbocycles. The third kappa shape index (κ3) is 3.64. The van der Waals surface area contributed by atoms with Gasteiger partial charge in [0.1, 0.15) is 5.03 Å². The Morgan fingerprint density at radius 2 is 1.32 bits per heavy atom. The van der Waals surface area contributed by atoms with Crippen molar-refractivity contribution in [2.45, 2.75) is 9.92 Å². The molecule has 5 heteroatoms. The number of nitrogens with zero attached hydrogens (tertiary/aromatic N) is 2. The molecule has 0 bridgehead atoms. The maximum atomic E-state index is 5.99. The molecule has 0 atom stereocenters. The van der Waals surface area contributed by atoms with Gasteiger partial charge in [-0.15, -0.1) is 0 Å². The molecule has 2 nitrogen and oxygen atoms in total.